The zero-order chi connectivity index (χ0) is 17.1. The maximum atomic E-state index is 13.6. The number of carboxylic acids is 1. The van der Waals surface area contributed by atoms with Gasteiger partial charge in [0.15, 0.2) is 0 Å². The van der Waals surface area contributed by atoms with Gasteiger partial charge in [-0.15, -0.1) is 0 Å². The maximum Gasteiger partial charge on any atom is 0.337 e. The molecule has 0 heterocycles. The fraction of sp³-hybridized carbons (Fsp3) is 0.385. The van der Waals surface area contributed by atoms with Gasteiger partial charge in [0, 0.05) is 6.04 Å². The number of halogens is 1. The molecule has 0 aliphatic heterocycles. The number of methoxy groups -OCH3 is 1. The molecule has 0 saturated carbocycles. The normalized spacial score (nSPS) is 11.7. The molecule has 0 atom stereocenters. The first kappa shape index (κ1) is 18.1. The highest BCUT2D eigenvalue weighted by molar-refractivity contribution is 7.89. The number of sulfonamides is 1. The molecule has 0 aliphatic carbocycles. The number of nitrogens with zero attached hydrogens (tertiary/aromatic N) is 1. The van der Waals surface area contributed by atoms with Crippen LogP contribution in [0.1, 0.15) is 24.2 Å². The summed E-state index contributed by atoms with van der Waals surface area (Å²) in [5, 5.41) is 8.82. The van der Waals surface area contributed by atoms with Crippen molar-refractivity contribution in [3.8, 4) is 0 Å². The third kappa shape index (κ3) is 4.01. The highest BCUT2D eigenvalue weighted by Crippen LogP contribution is 2.21. The Morgan fingerprint density at radius 2 is 1.91 bits per heavy atom. The predicted octanol–water partition coefficient (Wildman–Crippen LogP) is 1.10. The highest BCUT2D eigenvalue weighted by atomic mass is 32.2. The van der Waals surface area contributed by atoms with Crippen LogP contribution < -0.4 is 0 Å². The van der Waals surface area contributed by atoms with Crippen molar-refractivity contribution in [1.82, 2.24) is 4.31 Å². The smallest absolute Gasteiger partial charge is 0.337 e. The number of ether oxygens (including phenoxy) is 1. The average Bonchev–Trinajstić information content (AvgIpc) is 2.42. The molecular weight excluding hydrogens is 317 g/mol. The lowest BCUT2D eigenvalue weighted by Gasteiger charge is -2.24. The molecule has 22 heavy (non-hydrogen) atoms. The van der Waals surface area contributed by atoms with Crippen LogP contribution in [0.4, 0.5) is 4.39 Å². The molecule has 0 spiro atoms. The summed E-state index contributed by atoms with van der Waals surface area (Å²) in [6.07, 6.45) is 0. The Morgan fingerprint density at radius 1 is 1.32 bits per heavy atom. The third-order valence-electron chi connectivity index (χ3n) is 2.77. The van der Waals surface area contributed by atoms with Crippen LogP contribution in [0.25, 0.3) is 0 Å². The zero-order valence-electron chi connectivity index (χ0n) is 12.2. The van der Waals surface area contributed by atoms with Crippen LogP contribution >= 0.6 is 0 Å². The first-order valence-electron chi connectivity index (χ1n) is 6.22. The van der Waals surface area contributed by atoms with Gasteiger partial charge in [-0.25, -0.2) is 17.6 Å². The quantitative estimate of drug-likeness (QED) is 0.782. The molecule has 1 aromatic rings. The molecule has 0 unspecified atom stereocenters. The molecule has 9 heteroatoms. The second-order valence-corrected chi connectivity index (χ2v) is 6.60. The van der Waals surface area contributed by atoms with E-state index in [9.17, 15) is 22.4 Å². The number of esters is 1. The first-order valence-corrected chi connectivity index (χ1v) is 7.66. The second kappa shape index (κ2) is 6.84. The van der Waals surface area contributed by atoms with Crippen molar-refractivity contribution in [2.24, 2.45) is 0 Å². The van der Waals surface area contributed by atoms with Crippen LogP contribution in [0, 0.1) is 5.82 Å². The van der Waals surface area contributed by atoms with Crippen LogP contribution in [0.3, 0.4) is 0 Å². The summed E-state index contributed by atoms with van der Waals surface area (Å²) >= 11 is 0. The summed E-state index contributed by atoms with van der Waals surface area (Å²) in [5.41, 5.74) is -0.278. The fourth-order valence-corrected chi connectivity index (χ4v) is 3.40. The van der Waals surface area contributed by atoms with Gasteiger partial charge in [-0.3, -0.25) is 4.79 Å². The van der Waals surface area contributed by atoms with Crippen LogP contribution in [-0.2, 0) is 19.6 Å². The number of hydrogen-bond donors (Lipinski definition) is 1. The Kier molecular flexibility index (Phi) is 5.61. The molecule has 0 aromatic heterocycles. The van der Waals surface area contributed by atoms with E-state index in [0.29, 0.717) is 4.31 Å². The average molecular weight is 333 g/mol. The molecule has 0 radical (unpaired) electrons. The van der Waals surface area contributed by atoms with E-state index in [-0.39, 0.29) is 5.56 Å². The van der Waals surface area contributed by atoms with Gasteiger partial charge in [-0.05, 0) is 32.0 Å². The van der Waals surface area contributed by atoms with Gasteiger partial charge in [0.1, 0.15) is 12.4 Å². The van der Waals surface area contributed by atoms with Gasteiger partial charge >= 0.3 is 11.9 Å². The summed E-state index contributed by atoms with van der Waals surface area (Å²) in [6.45, 7) is 2.20. The Morgan fingerprint density at radius 3 is 2.36 bits per heavy atom. The molecule has 122 valence electrons. The van der Waals surface area contributed by atoms with Gasteiger partial charge in [-0.1, -0.05) is 0 Å². The minimum atomic E-state index is -4.28. The van der Waals surface area contributed by atoms with Crippen molar-refractivity contribution < 1.29 is 32.2 Å². The van der Waals surface area contributed by atoms with Gasteiger partial charge in [-0.2, -0.15) is 4.31 Å². The van der Waals surface area contributed by atoms with Gasteiger partial charge in [0.25, 0.3) is 0 Å². The van der Waals surface area contributed by atoms with Crippen LogP contribution in [-0.4, -0.2) is 49.5 Å². The van der Waals surface area contributed by atoms with E-state index < -0.39 is 45.3 Å². The Hall–Kier alpha value is -2.00. The molecular formula is C13H16FNO6S. The summed E-state index contributed by atoms with van der Waals surface area (Å²) in [5.74, 6) is -3.19. The molecule has 1 rings (SSSR count). The summed E-state index contributed by atoms with van der Waals surface area (Å²) < 4.78 is 43.6. The van der Waals surface area contributed by atoms with Gasteiger partial charge < -0.3 is 9.84 Å². The van der Waals surface area contributed by atoms with E-state index in [4.69, 9.17) is 5.11 Å². The van der Waals surface area contributed by atoms with Crippen LogP contribution in [0.15, 0.2) is 23.1 Å². The number of carbonyl (C=O) groups excluding carboxylic acids is 1. The van der Waals surface area contributed by atoms with E-state index in [0.717, 1.165) is 25.3 Å². The van der Waals surface area contributed by atoms with E-state index in [2.05, 4.69) is 4.74 Å². The summed E-state index contributed by atoms with van der Waals surface area (Å²) in [7, 11) is -3.20. The van der Waals surface area contributed by atoms with Crippen molar-refractivity contribution >= 4 is 22.0 Å². The van der Waals surface area contributed by atoms with Crippen LogP contribution in [0.5, 0.6) is 0 Å². The van der Waals surface area contributed by atoms with Gasteiger partial charge in [0.2, 0.25) is 10.0 Å². The van der Waals surface area contributed by atoms with Crippen molar-refractivity contribution in [3.05, 3.63) is 29.6 Å². The summed E-state index contributed by atoms with van der Waals surface area (Å²) in [4.78, 5) is 21.7. The van der Waals surface area contributed by atoms with Crippen molar-refractivity contribution in [3.63, 3.8) is 0 Å². The van der Waals surface area contributed by atoms with Gasteiger partial charge in [0.05, 0.1) is 17.6 Å². The number of carbonyl (C=O) groups is 2. The zero-order valence-corrected chi connectivity index (χ0v) is 13.1. The van der Waals surface area contributed by atoms with Crippen molar-refractivity contribution in [2.75, 3.05) is 13.7 Å². The highest BCUT2D eigenvalue weighted by Gasteiger charge is 2.30. The topological polar surface area (TPSA) is 101 Å². The lowest BCUT2D eigenvalue weighted by molar-refractivity contribution is -0.137. The molecule has 7 nitrogen and oxygen atoms in total. The van der Waals surface area contributed by atoms with E-state index in [1.54, 1.807) is 0 Å². The van der Waals surface area contributed by atoms with Crippen molar-refractivity contribution in [1.29, 1.82) is 0 Å². The molecule has 0 aliphatic rings. The molecule has 1 aromatic carbocycles. The number of carboxylic acid groups (broad SMARTS) is 1. The van der Waals surface area contributed by atoms with Crippen molar-refractivity contribution in [2.45, 2.75) is 24.8 Å². The molecule has 0 saturated heterocycles. The molecule has 1 N–H and O–H groups in total. The number of hydrogen-bond acceptors (Lipinski definition) is 5. The third-order valence-corrected chi connectivity index (χ3v) is 4.77. The number of aliphatic carboxylic acids is 1. The Balaban J connectivity index is 3.40. The fourth-order valence-electron chi connectivity index (χ4n) is 1.76. The Bertz CT molecular complexity index is 686. The monoisotopic (exact) mass is 333 g/mol. The van der Waals surface area contributed by atoms with E-state index in [1.165, 1.54) is 13.8 Å². The minimum absolute atomic E-state index is 0.278. The Labute approximate surface area is 127 Å². The lowest BCUT2D eigenvalue weighted by Crippen LogP contribution is -2.40. The largest absolute Gasteiger partial charge is 0.480 e. The number of benzene rings is 1. The predicted molar refractivity (Wildman–Crippen MR) is 74.4 cm³/mol. The SMILES string of the molecule is COC(=O)c1cc(F)cc(S(=O)(=O)N(CC(=O)O)C(C)C)c1. The lowest BCUT2D eigenvalue weighted by atomic mass is 10.2. The van der Waals surface area contributed by atoms with E-state index in [1.807, 2.05) is 0 Å². The van der Waals surface area contributed by atoms with Crippen LogP contribution in [0.2, 0.25) is 0 Å². The maximum absolute atomic E-state index is 13.6. The first-order chi connectivity index (χ1) is 10.1. The molecule has 0 fully saturated rings. The molecule has 0 amide bonds. The minimum Gasteiger partial charge on any atom is -0.480 e. The standard InChI is InChI=1S/C13H16FNO6S/c1-8(2)15(7-12(16)17)22(19,20)11-5-9(13(18)21-3)4-10(14)6-11/h4-6,8H,7H2,1-3H3,(H,16,17). The second-order valence-electron chi connectivity index (χ2n) is 4.70. The number of rotatable bonds is 6. The van der Waals surface area contributed by atoms with E-state index >= 15 is 0 Å². The summed E-state index contributed by atoms with van der Waals surface area (Å²) in [6, 6.07) is 1.84. The molecule has 0 bridgehead atoms.